The molecule has 1 N–H and O–H groups in total. The van der Waals surface area contributed by atoms with Crippen LogP contribution in [-0.4, -0.2) is 39.7 Å². The van der Waals surface area contributed by atoms with Crippen LogP contribution in [0.1, 0.15) is 24.2 Å². The number of nitrogens with one attached hydrogen (secondary N) is 1. The van der Waals surface area contributed by atoms with Gasteiger partial charge in [0, 0.05) is 25.3 Å². The Morgan fingerprint density at radius 3 is 2.32 bits per heavy atom. The Hall–Kier alpha value is -2.34. The molecule has 0 saturated carbocycles. The Morgan fingerprint density at radius 1 is 1.08 bits per heavy atom. The minimum absolute atomic E-state index is 0.0373. The molecule has 0 bridgehead atoms. The van der Waals surface area contributed by atoms with E-state index in [9.17, 15) is 13.2 Å². The fourth-order valence-corrected chi connectivity index (χ4v) is 3.56. The molecule has 0 radical (unpaired) electrons. The van der Waals surface area contributed by atoms with Crippen LogP contribution in [0.2, 0.25) is 0 Å². The second kappa shape index (κ2) is 8.16. The molecule has 0 aliphatic rings. The molecule has 25 heavy (non-hydrogen) atoms. The smallest absolute Gasteiger partial charge is 0.252 e. The third-order valence-electron chi connectivity index (χ3n) is 4.23. The Morgan fingerprint density at radius 2 is 1.68 bits per heavy atom. The number of sulfone groups is 1. The van der Waals surface area contributed by atoms with Crippen molar-refractivity contribution < 1.29 is 13.2 Å². The normalized spacial score (nSPS) is 12.4. The predicted octanol–water partition coefficient (Wildman–Crippen LogP) is 2.73. The van der Waals surface area contributed by atoms with Crippen molar-refractivity contribution in [2.75, 3.05) is 24.2 Å². The highest BCUT2D eigenvalue weighted by Crippen LogP contribution is 2.17. The molecule has 1 amide bonds. The van der Waals surface area contributed by atoms with Crippen LogP contribution in [0, 0.1) is 0 Å². The first kappa shape index (κ1) is 19.0. The molecule has 0 spiro atoms. The molecule has 2 aromatic carbocycles. The molecular weight excluding hydrogens is 336 g/mol. The molecule has 0 aromatic heterocycles. The standard InChI is InChI=1S/C19H24N2O3S/c1-4-25(23,24)18-13-9-8-12-17(18)19(22)20-14-15(2)21(3)16-10-6-5-7-11-16/h5-13,15H,4,14H2,1-3H3,(H,20,22)/t15-/m1/s1. The van der Waals surface area contributed by atoms with Crippen molar-refractivity contribution in [3.05, 3.63) is 60.2 Å². The summed E-state index contributed by atoms with van der Waals surface area (Å²) in [6, 6.07) is 16.3. The van der Waals surface area contributed by atoms with Gasteiger partial charge in [-0.25, -0.2) is 8.42 Å². The van der Waals surface area contributed by atoms with Gasteiger partial charge < -0.3 is 10.2 Å². The number of para-hydroxylation sites is 1. The molecule has 0 aliphatic heterocycles. The van der Waals surface area contributed by atoms with Crippen LogP contribution in [0.3, 0.4) is 0 Å². The molecule has 0 aliphatic carbocycles. The molecule has 2 aromatic rings. The van der Waals surface area contributed by atoms with Crippen LogP contribution in [0.15, 0.2) is 59.5 Å². The van der Waals surface area contributed by atoms with Gasteiger partial charge >= 0.3 is 0 Å². The molecule has 1 atom stereocenters. The quantitative estimate of drug-likeness (QED) is 0.824. The fraction of sp³-hybridized carbons (Fsp3) is 0.316. The highest BCUT2D eigenvalue weighted by atomic mass is 32.2. The topological polar surface area (TPSA) is 66.5 Å². The number of hydrogen-bond donors (Lipinski definition) is 1. The van der Waals surface area contributed by atoms with E-state index in [0.29, 0.717) is 6.54 Å². The second-order valence-electron chi connectivity index (χ2n) is 5.91. The lowest BCUT2D eigenvalue weighted by Crippen LogP contribution is -2.40. The van der Waals surface area contributed by atoms with Crippen molar-refractivity contribution in [1.82, 2.24) is 5.32 Å². The summed E-state index contributed by atoms with van der Waals surface area (Å²) in [6.45, 7) is 3.98. The molecule has 0 saturated heterocycles. The summed E-state index contributed by atoms with van der Waals surface area (Å²) in [7, 11) is -1.48. The first-order valence-electron chi connectivity index (χ1n) is 8.24. The van der Waals surface area contributed by atoms with Crippen LogP contribution >= 0.6 is 0 Å². The number of anilines is 1. The van der Waals surface area contributed by atoms with Crippen LogP contribution in [-0.2, 0) is 9.84 Å². The first-order valence-corrected chi connectivity index (χ1v) is 9.90. The van der Waals surface area contributed by atoms with Gasteiger partial charge in [-0.05, 0) is 31.2 Å². The van der Waals surface area contributed by atoms with Crippen LogP contribution in [0.25, 0.3) is 0 Å². The number of amides is 1. The molecule has 0 unspecified atom stereocenters. The van der Waals surface area contributed by atoms with Gasteiger partial charge in [0.2, 0.25) is 0 Å². The number of carbonyl (C=O) groups excluding carboxylic acids is 1. The van der Waals surface area contributed by atoms with Crippen LogP contribution < -0.4 is 10.2 Å². The molecule has 6 heteroatoms. The molecular formula is C19H24N2O3S. The van der Waals surface area contributed by atoms with Crippen LogP contribution in [0.5, 0.6) is 0 Å². The fourth-order valence-electron chi connectivity index (χ4n) is 2.47. The largest absolute Gasteiger partial charge is 0.370 e. The van der Waals surface area contributed by atoms with Gasteiger partial charge in [0.15, 0.2) is 9.84 Å². The molecule has 2 rings (SSSR count). The van der Waals surface area contributed by atoms with Gasteiger partial charge in [-0.3, -0.25) is 4.79 Å². The van der Waals surface area contributed by atoms with Crippen molar-refractivity contribution in [2.24, 2.45) is 0 Å². The van der Waals surface area contributed by atoms with Gasteiger partial charge in [-0.1, -0.05) is 37.3 Å². The van der Waals surface area contributed by atoms with E-state index in [1.54, 1.807) is 25.1 Å². The van der Waals surface area contributed by atoms with Gasteiger partial charge in [-0.2, -0.15) is 0 Å². The summed E-state index contributed by atoms with van der Waals surface area (Å²) < 4.78 is 24.3. The maximum Gasteiger partial charge on any atom is 0.252 e. The minimum atomic E-state index is -3.44. The van der Waals surface area contributed by atoms with E-state index in [2.05, 4.69) is 10.2 Å². The molecule has 134 valence electrons. The number of carbonyl (C=O) groups is 1. The summed E-state index contributed by atoms with van der Waals surface area (Å²) in [5, 5.41) is 2.84. The van der Waals surface area contributed by atoms with Crippen LogP contribution in [0.4, 0.5) is 5.69 Å². The summed E-state index contributed by atoms with van der Waals surface area (Å²) in [5.74, 6) is -0.411. The van der Waals surface area contributed by atoms with Crippen molar-refractivity contribution in [3.8, 4) is 0 Å². The zero-order valence-electron chi connectivity index (χ0n) is 14.8. The second-order valence-corrected chi connectivity index (χ2v) is 8.15. The van der Waals surface area contributed by atoms with E-state index in [1.807, 2.05) is 44.3 Å². The summed E-state index contributed by atoms with van der Waals surface area (Å²) in [4.78, 5) is 14.6. The zero-order valence-corrected chi connectivity index (χ0v) is 15.6. The Balaban J connectivity index is 2.09. The van der Waals surface area contributed by atoms with Gasteiger partial charge in [0.25, 0.3) is 5.91 Å². The minimum Gasteiger partial charge on any atom is -0.370 e. The Bertz CT molecular complexity index is 820. The van der Waals surface area contributed by atoms with Crippen molar-refractivity contribution in [1.29, 1.82) is 0 Å². The van der Waals surface area contributed by atoms with Crippen molar-refractivity contribution >= 4 is 21.4 Å². The highest BCUT2D eigenvalue weighted by Gasteiger charge is 2.21. The Labute approximate surface area is 149 Å². The van der Waals surface area contributed by atoms with E-state index in [-0.39, 0.29) is 28.2 Å². The average molecular weight is 360 g/mol. The van der Waals surface area contributed by atoms with Gasteiger partial charge in [0.1, 0.15) is 0 Å². The lowest BCUT2D eigenvalue weighted by Gasteiger charge is -2.27. The Kier molecular flexibility index (Phi) is 6.20. The molecule has 0 heterocycles. The third-order valence-corrected chi connectivity index (χ3v) is 6.02. The molecule has 5 nitrogen and oxygen atoms in total. The maximum absolute atomic E-state index is 12.5. The number of nitrogens with zero attached hydrogens (tertiary/aromatic N) is 1. The maximum atomic E-state index is 12.5. The third kappa shape index (κ3) is 4.60. The van der Waals surface area contributed by atoms with E-state index in [4.69, 9.17) is 0 Å². The monoisotopic (exact) mass is 360 g/mol. The number of rotatable bonds is 7. The molecule has 0 fully saturated rings. The van der Waals surface area contributed by atoms with E-state index in [1.165, 1.54) is 6.07 Å². The van der Waals surface area contributed by atoms with E-state index in [0.717, 1.165) is 5.69 Å². The lowest BCUT2D eigenvalue weighted by molar-refractivity contribution is 0.0948. The predicted molar refractivity (Wildman–Crippen MR) is 101 cm³/mol. The van der Waals surface area contributed by atoms with E-state index >= 15 is 0 Å². The van der Waals surface area contributed by atoms with Gasteiger partial charge in [-0.15, -0.1) is 0 Å². The summed E-state index contributed by atoms with van der Waals surface area (Å²) in [6.07, 6.45) is 0. The van der Waals surface area contributed by atoms with Gasteiger partial charge in [0.05, 0.1) is 16.2 Å². The first-order chi connectivity index (χ1) is 11.9. The summed E-state index contributed by atoms with van der Waals surface area (Å²) >= 11 is 0. The van der Waals surface area contributed by atoms with Crippen molar-refractivity contribution in [2.45, 2.75) is 24.8 Å². The zero-order chi connectivity index (χ0) is 18.4. The summed E-state index contributed by atoms with van der Waals surface area (Å²) in [5.41, 5.74) is 1.25. The van der Waals surface area contributed by atoms with Crippen molar-refractivity contribution in [3.63, 3.8) is 0 Å². The number of hydrogen-bond acceptors (Lipinski definition) is 4. The average Bonchev–Trinajstić information content (AvgIpc) is 2.65. The number of benzene rings is 2. The lowest BCUT2D eigenvalue weighted by atomic mass is 10.2. The highest BCUT2D eigenvalue weighted by molar-refractivity contribution is 7.91. The van der Waals surface area contributed by atoms with E-state index < -0.39 is 9.84 Å². The SMILES string of the molecule is CCS(=O)(=O)c1ccccc1C(=O)NC[C@@H](C)N(C)c1ccccc1. The number of likely N-dealkylation sites (N-methyl/N-ethyl adjacent to an activating group) is 1.